The summed E-state index contributed by atoms with van der Waals surface area (Å²) in [5.74, 6) is 2.53. The molecule has 1 aromatic heterocycles. The van der Waals surface area contributed by atoms with E-state index in [2.05, 4.69) is 48.0 Å². The standard InChI is InChI=1S/C23H19N7O3S/c31-23(26-8-13-5-6-16-17(7-13)33-12-32-16)29-14-9-24-22(25-10-14)30-21-20-19(27-11-28-21)15-3-1-2-4-18(15)34-20/h1-7,9-11,19-20H,8,12H2,(H2,26,29,31)(H,24,25,27,28,30). The summed E-state index contributed by atoms with van der Waals surface area (Å²) in [6, 6.07) is 13.5. The van der Waals surface area contributed by atoms with Crippen molar-refractivity contribution in [1.29, 1.82) is 0 Å². The van der Waals surface area contributed by atoms with Crippen LogP contribution in [0.1, 0.15) is 17.2 Å². The predicted molar refractivity (Wildman–Crippen MR) is 129 cm³/mol. The van der Waals surface area contributed by atoms with Crippen LogP contribution in [-0.4, -0.2) is 40.2 Å². The second kappa shape index (κ2) is 8.67. The monoisotopic (exact) mass is 473 g/mol. The number of amidine groups is 1. The SMILES string of the molecule is O=C(NCc1ccc2c(c1)OCO2)Nc1cnc(NC2=NC=NC3c4ccccc4SC23)nc1. The van der Waals surface area contributed by atoms with Crippen molar-refractivity contribution in [2.24, 2.45) is 9.98 Å². The van der Waals surface area contributed by atoms with Gasteiger partial charge in [-0.2, -0.15) is 0 Å². The van der Waals surface area contributed by atoms with Crippen LogP contribution >= 0.6 is 11.8 Å². The normalized spacial score (nSPS) is 19.1. The average Bonchev–Trinajstić information content (AvgIpc) is 3.49. The number of aliphatic imine (C=N–C) groups is 2. The van der Waals surface area contributed by atoms with Crippen molar-refractivity contribution in [3.63, 3.8) is 0 Å². The third kappa shape index (κ3) is 4.01. The Balaban J connectivity index is 1.04. The summed E-state index contributed by atoms with van der Waals surface area (Å²) in [5.41, 5.74) is 2.58. The van der Waals surface area contributed by atoms with Crippen LogP contribution in [0.15, 0.2) is 69.7 Å². The number of urea groups is 1. The van der Waals surface area contributed by atoms with E-state index in [1.54, 1.807) is 30.5 Å². The number of anilines is 2. The summed E-state index contributed by atoms with van der Waals surface area (Å²) in [7, 11) is 0. The third-order valence-corrected chi connectivity index (χ3v) is 6.87. The highest BCUT2D eigenvalue weighted by atomic mass is 32.2. The van der Waals surface area contributed by atoms with Gasteiger partial charge < -0.3 is 25.4 Å². The van der Waals surface area contributed by atoms with E-state index in [9.17, 15) is 4.79 Å². The molecule has 3 aliphatic heterocycles. The van der Waals surface area contributed by atoms with Gasteiger partial charge in [-0.15, -0.1) is 11.8 Å². The van der Waals surface area contributed by atoms with Gasteiger partial charge in [0.1, 0.15) is 12.2 Å². The summed E-state index contributed by atoms with van der Waals surface area (Å²) in [6.45, 7) is 0.555. The van der Waals surface area contributed by atoms with E-state index in [0.717, 1.165) is 11.4 Å². The number of nitrogens with one attached hydrogen (secondary N) is 3. The van der Waals surface area contributed by atoms with Crippen molar-refractivity contribution in [3.8, 4) is 11.5 Å². The highest BCUT2D eigenvalue weighted by Crippen LogP contribution is 2.47. The Labute approximate surface area is 198 Å². The van der Waals surface area contributed by atoms with Crippen molar-refractivity contribution in [1.82, 2.24) is 15.3 Å². The minimum atomic E-state index is -0.363. The number of carbonyl (C=O) groups is 1. The fourth-order valence-electron chi connectivity index (χ4n) is 3.88. The maximum atomic E-state index is 12.3. The topological polar surface area (TPSA) is 122 Å². The average molecular weight is 474 g/mol. The van der Waals surface area contributed by atoms with E-state index < -0.39 is 0 Å². The fourth-order valence-corrected chi connectivity index (χ4v) is 5.22. The third-order valence-electron chi connectivity index (χ3n) is 5.51. The quantitative estimate of drug-likeness (QED) is 0.529. The van der Waals surface area contributed by atoms with E-state index in [1.165, 1.54) is 10.5 Å². The molecule has 0 saturated heterocycles. The van der Waals surface area contributed by atoms with Gasteiger partial charge in [0.05, 0.1) is 29.4 Å². The van der Waals surface area contributed by atoms with Crippen molar-refractivity contribution < 1.29 is 14.3 Å². The fraction of sp³-hybridized carbons (Fsp3) is 0.174. The lowest BCUT2D eigenvalue weighted by molar-refractivity contribution is 0.174. The van der Waals surface area contributed by atoms with Gasteiger partial charge >= 0.3 is 6.03 Å². The van der Waals surface area contributed by atoms with Gasteiger partial charge in [0, 0.05) is 11.4 Å². The summed E-state index contributed by atoms with van der Waals surface area (Å²) in [5, 5.41) is 8.78. The van der Waals surface area contributed by atoms with E-state index >= 15 is 0 Å². The molecule has 3 aromatic rings. The maximum absolute atomic E-state index is 12.3. The number of benzene rings is 2. The molecule has 6 rings (SSSR count). The Morgan fingerprint density at radius 3 is 2.85 bits per heavy atom. The molecule has 3 N–H and O–H groups in total. The second-order valence-electron chi connectivity index (χ2n) is 7.72. The smallest absolute Gasteiger partial charge is 0.319 e. The number of hydrogen-bond acceptors (Lipinski definition) is 9. The summed E-state index contributed by atoms with van der Waals surface area (Å²) >= 11 is 1.73. The van der Waals surface area contributed by atoms with Gasteiger partial charge in [-0.25, -0.2) is 19.8 Å². The number of ether oxygens (including phenoxy) is 2. The number of rotatable bonds is 4. The minimum Gasteiger partial charge on any atom is -0.454 e. The Kier molecular flexibility index (Phi) is 5.22. The molecule has 170 valence electrons. The molecule has 2 amide bonds. The molecule has 0 radical (unpaired) electrons. The van der Waals surface area contributed by atoms with E-state index in [0.29, 0.717) is 29.7 Å². The highest BCUT2D eigenvalue weighted by molar-refractivity contribution is 8.01. The van der Waals surface area contributed by atoms with Crippen LogP contribution < -0.4 is 25.4 Å². The molecule has 0 aliphatic carbocycles. The first-order valence-electron chi connectivity index (χ1n) is 10.6. The summed E-state index contributed by atoms with van der Waals surface area (Å²) in [6.07, 6.45) is 4.66. The first-order valence-corrected chi connectivity index (χ1v) is 11.5. The molecule has 0 saturated carbocycles. The molecule has 2 atom stereocenters. The molecular formula is C23H19N7O3S. The molecule has 2 unspecified atom stereocenters. The van der Waals surface area contributed by atoms with Crippen LogP contribution in [0.4, 0.5) is 16.4 Å². The van der Waals surface area contributed by atoms with Gasteiger partial charge in [0.2, 0.25) is 12.7 Å². The Hall–Kier alpha value is -4.12. The van der Waals surface area contributed by atoms with Gasteiger partial charge in [-0.3, -0.25) is 4.99 Å². The van der Waals surface area contributed by atoms with Crippen LogP contribution in [0.3, 0.4) is 0 Å². The van der Waals surface area contributed by atoms with Crippen LogP contribution in [-0.2, 0) is 6.54 Å². The Bertz CT molecular complexity index is 1310. The molecule has 2 aromatic carbocycles. The first kappa shape index (κ1) is 20.5. The second-order valence-corrected chi connectivity index (χ2v) is 8.90. The number of carbonyl (C=O) groups excluding carboxylic acids is 1. The molecule has 34 heavy (non-hydrogen) atoms. The van der Waals surface area contributed by atoms with Crippen LogP contribution in [0.2, 0.25) is 0 Å². The van der Waals surface area contributed by atoms with Crippen LogP contribution in [0.25, 0.3) is 0 Å². The van der Waals surface area contributed by atoms with Gasteiger partial charge in [0.15, 0.2) is 11.5 Å². The van der Waals surface area contributed by atoms with Crippen molar-refractivity contribution in [2.45, 2.75) is 22.7 Å². The van der Waals surface area contributed by atoms with Crippen molar-refractivity contribution in [3.05, 3.63) is 66.0 Å². The summed E-state index contributed by atoms with van der Waals surface area (Å²) < 4.78 is 10.7. The van der Waals surface area contributed by atoms with Gasteiger partial charge in [-0.05, 0) is 29.3 Å². The Morgan fingerprint density at radius 2 is 1.94 bits per heavy atom. The molecular weight excluding hydrogens is 454 g/mol. The van der Waals surface area contributed by atoms with Gasteiger partial charge in [-0.1, -0.05) is 24.3 Å². The molecule has 0 fully saturated rings. The van der Waals surface area contributed by atoms with Crippen molar-refractivity contribution >= 4 is 41.6 Å². The number of amides is 2. The zero-order valence-electron chi connectivity index (χ0n) is 17.8. The lowest BCUT2D eigenvalue weighted by Crippen LogP contribution is -2.31. The van der Waals surface area contributed by atoms with Gasteiger partial charge in [0.25, 0.3) is 0 Å². The largest absolute Gasteiger partial charge is 0.454 e. The number of aromatic nitrogens is 2. The molecule has 10 nitrogen and oxygen atoms in total. The molecule has 0 spiro atoms. The lowest BCUT2D eigenvalue weighted by Gasteiger charge is -2.21. The van der Waals surface area contributed by atoms with Crippen LogP contribution in [0.5, 0.6) is 11.5 Å². The van der Waals surface area contributed by atoms with E-state index in [1.807, 2.05) is 30.3 Å². The lowest BCUT2D eigenvalue weighted by atomic mass is 10.0. The zero-order chi connectivity index (χ0) is 22.9. The predicted octanol–water partition coefficient (Wildman–Crippen LogP) is 3.59. The molecule has 4 heterocycles. The number of nitrogens with zero attached hydrogens (tertiary/aromatic N) is 4. The zero-order valence-corrected chi connectivity index (χ0v) is 18.6. The number of hydrogen-bond donors (Lipinski definition) is 3. The van der Waals surface area contributed by atoms with E-state index in [-0.39, 0.29) is 24.1 Å². The molecule has 11 heteroatoms. The molecule has 3 aliphatic rings. The van der Waals surface area contributed by atoms with Crippen LogP contribution in [0, 0.1) is 0 Å². The Morgan fingerprint density at radius 1 is 1.09 bits per heavy atom. The maximum Gasteiger partial charge on any atom is 0.319 e. The number of thioether (sulfide) groups is 1. The van der Waals surface area contributed by atoms with Crippen molar-refractivity contribution in [2.75, 3.05) is 17.4 Å². The number of fused-ring (bicyclic) bond motifs is 4. The minimum absolute atomic E-state index is 0.0237. The first-order chi connectivity index (χ1) is 16.7. The summed E-state index contributed by atoms with van der Waals surface area (Å²) in [4.78, 5) is 31.1. The highest BCUT2D eigenvalue weighted by Gasteiger charge is 2.38. The van der Waals surface area contributed by atoms with E-state index in [4.69, 9.17) is 9.47 Å². The molecule has 0 bridgehead atoms.